The Morgan fingerprint density at radius 3 is 2.52 bits per heavy atom. The summed E-state index contributed by atoms with van der Waals surface area (Å²) >= 11 is 0. The summed E-state index contributed by atoms with van der Waals surface area (Å²) in [5.74, 6) is -2.64. The lowest BCUT2D eigenvalue weighted by atomic mass is 9.86. The molecule has 1 rings (SSSR count). The first-order valence-corrected chi connectivity index (χ1v) is 7.98. The van der Waals surface area contributed by atoms with Crippen molar-refractivity contribution in [3.05, 3.63) is 0 Å². The molecule has 0 aliphatic heterocycles. The minimum atomic E-state index is -4.32. The molecular weight excluding hydrogens is 313 g/mol. The number of aliphatic carboxylic acids is 1. The standard InChI is InChI=1S/C11H19F3N2O4S/c1-16(6-5-10(17)18)21(19,20)15-9-4-2-3-8(7-9)11(12,13)14/h8-9,15H,2-7H2,1H3,(H,17,18). The third-order valence-electron chi connectivity index (χ3n) is 3.50. The summed E-state index contributed by atoms with van der Waals surface area (Å²) in [4.78, 5) is 10.4. The number of hydrogen-bond acceptors (Lipinski definition) is 3. The first-order chi connectivity index (χ1) is 9.52. The number of carbonyl (C=O) groups is 1. The highest BCUT2D eigenvalue weighted by molar-refractivity contribution is 7.87. The smallest absolute Gasteiger partial charge is 0.391 e. The van der Waals surface area contributed by atoms with E-state index < -0.39 is 34.3 Å². The van der Waals surface area contributed by atoms with Crippen LogP contribution in [0.1, 0.15) is 32.1 Å². The Morgan fingerprint density at radius 2 is 2.00 bits per heavy atom. The number of rotatable bonds is 6. The third kappa shape index (κ3) is 5.79. The zero-order chi connectivity index (χ0) is 16.3. The maximum Gasteiger partial charge on any atom is 0.391 e. The number of alkyl halides is 3. The number of carboxylic acids is 1. The molecule has 0 heterocycles. The Kier molecular flexibility index (Phi) is 6.00. The van der Waals surface area contributed by atoms with Gasteiger partial charge in [0.1, 0.15) is 0 Å². The molecule has 6 nitrogen and oxygen atoms in total. The van der Waals surface area contributed by atoms with E-state index in [9.17, 15) is 26.4 Å². The summed E-state index contributed by atoms with van der Waals surface area (Å²) in [6.07, 6.45) is -4.31. The Labute approximate surface area is 121 Å². The first-order valence-electron chi connectivity index (χ1n) is 6.54. The highest BCUT2D eigenvalue weighted by atomic mass is 32.2. The third-order valence-corrected chi connectivity index (χ3v) is 5.14. The van der Waals surface area contributed by atoms with Crippen molar-refractivity contribution in [2.24, 2.45) is 5.92 Å². The summed E-state index contributed by atoms with van der Waals surface area (Å²) < 4.78 is 64.8. The Hall–Kier alpha value is -0.870. The molecule has 0 saturated heterocycles. The maximum atomic E-state index is 12.7. The lowest BCUT2D eigenvalue weighted by Crippen LogP contribution is -2.47. The molecule has 1 saturated carbocycles. The van der Waals surface area contributed by atoms with Crippen LogP contribution in [0.15, 0.2) is 0 Å². The quantitative estimate of drug-likeness (QED) is 0.769. The van der Waals surface area contributed by atoms with Crippen LogP contribution in [-0.4, -0.2) is 49.6 Å². The second kappa shape index (κ2) is 6.93. The Bertz CT molecular complexity index is 467. The van der Waals surface area contributed by atoms with Crippen molar-refractivity contribution >= 4 is 16.2 Å². The average Bonchev–Trinajstić information content (AvgIpc) is 2.34. The van der Waals surface area contributed by atoms with Crippen molar-refractivity contribution in [2.75, 3.05) is 13.6 Å². The van der Waals surface area contributed by atoms with Gasteiger partial charge in [0, 0.05) is 19.6 Å². The van der Waals surface area contributed by atoms with Gasteiger partial charge in [-0.1, -0.05) is 6.42 Å². The second-order valence-electron chi connectivity index (χ2n) is 5.19. The van der Waals surface area contributed by atoms with Gasteiger partial charge in [0.25, 0.3) is 10.2 Å². The minimum Gasteiger partial charge on any atom is -0.481 e. The number of nitrogens with one attached hydrogen (secondary N) is 1. The molecule has 1 fully saturated rings. The number of halogens is 3. The van der Waals surface area contributed by atoms with Gasteiger partial charge in [0.15, 0.2) is 0 Å². The molecule has 124 valence electrons. The van der Waals surface area contributed by atoms with E-state index in [-0.39, 0.29) is 25.8 Å². The molecule has 0 spiro atoms. The average molecular weight is 332 g/mol. The van der Waals surface area contributed by atoms with E-state index in [4.69, 9.17) is 5.11 Å². The van der Waals surface area contributed by atoms with E-state index in [0.717, 1.165) is 4.31 Å². The monoisotopic (exact) mass is 332 g/mol. The van der Waals surface area contributed by atoms with Crippen LogP contribution in [0.3, 0.4) is 0 Å². The molecule has 0 amide bonds. The van der Waals surface area contributed by atoms with Gasteiger partial charge in [-0.15, -0.1) is 0 Å². The zero-order valence-corrected chi connectivity index (χ0v) is 12.4. The van der Waals surface area contributed by atoms with Gasteiger partial charge in [-0.2, -0.15) is 30.6 Å². The molecule has 0 aromatic heterocycles. The van der Waals surface area contributed by atoms with Crippen molar-refractivity contribution in [1.82, 2.24) is 9.03 Å². The molecule has 1 aliphatic rings. The van der Waals surface area contributed by atoms with Crippen LogP contribution in [0.4, 0.5) is 13.2 Å². The van der Waals surface area contributed by atoms with Crippen molar-refractivity contribution < 1.29 is 31.5 Å². The summed E-state index contributed by atoms with van der Waals surface area (Å²) in [5, 5.41) is 8.51. The Morgan fingerprint density at radius 1 is 1.38 bits per heavy atom. The first kappa shape index (κ1) is 18.2. The second-order valence-corrected chi connectivity index (χ2v) is 7.00. The molecule has 10 heteroatoms. The van der Waals surface area contributed by atoms with Crippen LogP contribution < -0.4 is 4.72 Å². The predicted molar refractivity (Wildman–Crippen MR) is 68.7 cm³/mol. The predicted octanol–water partition coefficient (Wildman–Crippen LogP) is 1.35. The summed E-state index contributed by atoms with van der Waals surface area (Å²) in [6.45, 7) is -0.236. The summed E-state index contributed by atoms with van der Waals surface area (Å²) in [7, 11) is -2.78. The lowest BCUT2D eigenvalue weighted by molar-refractivity contribution is -0.183. The van der Waals surface area contributed by atoms with E-state index in [2.05, 4.69) is 4.72 Å². The number of hydrogen-bond donors (Lipinski definition) is 2. The fourth-order valence-electron chi connectivity index (χ4n) is 2.27. The highest BCUT2D eigenvalue weighted by Crippen LogP contribution is 2.37. The molecule has 0 radical (unpaired) electrons. The van der Waals surface area contributed by atoms with E-state index in [1.165, 1.54) is 7.05 Å². The van der Waals surface area contributed by atoms with Crippen LogP contribution in [0.25, 0.3) is 0 Å². The van der Waals surface area contributed by atoms with E-state index in [0.29, 0.717) is 12.8 Å². The molecule has 0 aromatic carbocycles. The van der Waals surface area contributed by atoms with Crippen molar-refractivity contribution in [1.29, 1.82) is 0 Å². The molecule has 2 atom stereocenters. The van der Waals surface area contributed by atoms with Gasteiger partial charge in [-0.25, -0.2) is 0 Å². The maximum absolute atomic E-state index is 12.7. The molecule has 2 N–H and O–H groups in total. The summed E-state index contributed by atoms with van der Waals surface area (Å²) in [5.41, 5.74) is 0. The number of nitrogens with zero attached hydrogens (tertiary/aromatic N) is 1. The molecule has 21 heavy (non-hydrogen) atoms. The molecule has 1 aliphatic carbocycles. The van der Waals surface area contributed by atoms with Gasteiger partial charge in [0.2, 0.25) is 0 Å². The Balaban J connectivity index is 2.60. The highest BCUT2D eigenvalue weighted by Gasteiger charge is 2.43. The van der Waals surface area contributed by atoms with Crippen LogP contribution in [0.5, 0.6) is 0 Å². The van der Waals surface area contributed by atoms with Crippen molar-refractivity contribution in [3.63, 3.8) is 0 Å². The fraction of sp³-hybridized carbons (Fsp3) is 0.909. The fourth-order valence-corrected chi connectivity index (χ4v) is 3.41. The van der Waals surface area contributed by atoms with Crippen molar-refractivity contribution in [3.8, 4) is 0 Å². The van der Waals surface area contributed by atoms with Crippen molar-refractivity contribution in [2.45, 2.75) is 44.3 Å². The van der Waals surface area contributed by atoms with Crippen LogP contribution >= 0.6 is 0 Å². The molecule has 0 aromatic rings. The summed E-state index contributed by atoms with van der Waals surface area (Å²) in [6, 6.07) is -0.775. The van der Waals surface area contributed by atoms with E-state index in [1.54, 1.807) is 0 Å². The zero-order valence-electron chi connectivity index (χ0n) is 11.6. The minimum absolute atomic E-state index is 0.0105. The van der Waals surface area contributed by atoms with Crippen LogP contribution in [0.2, 0.25) is 0 Å². The van der Waals surface area contributed by atoms with Gasteiger partial charge >= 0.3 is 12.1 Å². The topological polar surface area (TPSA) is 86.7 Å². The molecule has 2 unspecified atom stereocenters. The van der Waals surface area contributed by atoms with Gasteiger partial charge in [-0.3, -0.25) is 4.79 Å². The van der Waals surface area contributed by atoms with Gasteiger partial charge in [-0.05, 0) is 19.3 Å². The lowest BCUT2D eigenvalue weighted by Gasteiger charge is -2.31. The normalized spacial score (nSPS) is 24.2. The largest absolute Gasteiger partial charge is 0.481 e. The molecule has 0 bridgehead atoms. The SMILES string of the molecule is CN(CCC(=O)O)S(=O)(=O)NC1CCCC(C(F)(F)F)C1. The van der Waals surface area contributed by atoms with E-state index in [1.807, 2.05) is 0 Å². The van der Waals surface area contributed by atoms with Crippen LogP contribution in [0, 0.1) is 5.92 Å². The van der Waals surface area contributed by atoms with Gasteiger partial charge in [0.05, 0.1) is 12.3 Å². The van der Waals surface area contributed by atoms with Crippen LogP contribution in [-0.2, 0) is 15.0 Å². The van der Waals surface area contributed by atoms with E-state index >= 15 is 0 Å². The number of carboxylic acid groups (broad SMARTS) is 1. The van der Waals surface area contributed by atoms with Gasteiger partial charge < -0.3 is 5.11 Å². The molecular formula is C11H19F3N2O4S.